The van der Waals surface area contributed by atoms with Gasteiger partial charge in [0.05, 0.1) is 25.7 Å². The van der Waals surface area contributed by atoms with E-state index >= 15 is 0 Å². The number of rotatable bonds is 10. The average molecular weight is 585 g/mol. The molecule has 12 heteroatoms. The minimum atomic E-state index is -0.562. The molecule has 11 nitrogen and oxygen atoms in total. The van der Waals surface area contributed by atoms with Crippen LogP contribution in [0.1, 0.15) is 11.1 Å². The zero-order valence-corrected chi connectivity index (χ0v) is 24.0. The van der Waals surface area contributed by atoms with Gasteiger partial charge in [0, 0.05) is 12.2 Å². The van der Waals surface area contributed by atoms with Gasteiger partial charge >= 0.3 is 11.6 Å². The quantitative estimate of drug-likeness (QED) is 0.140. The smallest absolute Gasteiger partial charge is 0.339 e. The summed E-state index contributed by atoms with van der Waals surface area (Å²) in [7, 11) is 3.19. The number of nitrogens with one attached hydrogen (secondary N) is 3. The van der Waals surface area contributed by atoms with Crippen LogP contribution in [0.4, 0.5) is 17.6 Å². The lowest BCUT2D eigenvalue weighted by atomic mass is 10.1. The zero-order chi connectivity index (χ0) is 29.5. The summed E-state index contributed by atoms with van der Waals surface area (Å²) in [6.07, 6.45) is 0.642. The monoisotopic (exact) mass is 584 g/mol. The first-order chi connectivity index (χ1) is 20.4. The second-order valence-electron chi connectivity index (χ2n) is 9.10. The molecule has 42 heavy (non-hydrogen) atoms. The minimum absolute atomic E-state index is 0.0463. The van der Waals surface area contributed by atoms with Crippen molar-refractivity contribution in [3.8, 4) is 23.3 Å². The van der Waals surface area contributed by atoms with E-state index in [1.807, 2.05) is 55.5 Å². The Morgan fingerprint density at radius 3 is 2.40 bits per heavy atom. The molecule has 0 bridgehead atoms. The highest BCUT2D eigenvalue weighted by atomic mass is 32.1. The predicted octanol–water partition coefficient (Wildman–Crippen LogP) is 5.56. The Kier molecular flexibility index (Phi) is 8.73. The van der Waals surface area contributed by atoms with E-state index in [1.165, 1.54) is 6.07 Å². The first-order valence-electron chi connectivity index (χ1n) is 13.0. The largest absolute Gasteiger partial charge is 0.493 e. The van der Waals surface area contributed by atoms with Gasteiger partial charge in [0.2, 0.25) is 11.9 Å². The summed E-state index contributed by atoms with van der Waals surface area (Å²) >= 11 is 5.48. The molecule has 0 spiro atoms. The molecule has 2 heterocycles. The van der Waals surface area contributed by atoms with Crippen molar-refractivity contribution in [3.05, 3.63) is 94.3 Å². The highest BCUT2D eigenvalue weighted by Gasteiger charge is 2.14. The molecule has 0 unspecified atom stereocenters. The van der Waals surface area contributed by atoms with Crippen LogP contribution in [0.15, 0.2) is 82.0 Å². The topological polar surface area (TPSA) is 133 Å². The van der Waals surface area contributed by atoms with Gasteiger partial charge in [-0.25, -0.2) is 4.79 Å². The Morgan fingerprint density at radius 2 is 1.62 bits per heavy atom. The number of hydrogen-bond acceptors (Lipinski definition) is 10. The maximum Gasteiger partial charge on any atom is 0.339 e. The van der Waals surface area contributed by atoms with E-state index < -0.39 is 5.63 Å². The Hall–Kier alpha value is -5.23. The van der Waals surface area contributed by atoms with Gasteiger partial charge in [-0.15, -0.1) is 0 Å². The third-order valence-corrected chi connectivity index (χ3v) is 6.31. The molecule has 0 amide bonds. The summed E-state index contributed by atoms with van der Waals surface area (Å²) in [5, 5.41) is 10.2. The zero-order valence-electron chi connectivity index (χ0n) is 23.1. The van der Waals surface area contributed by atoms with Gasteiger partial charge in [0.25, 0.3) is 0 Å². The molecule has 0 fully saturated rings. The van der Waals surface area contributed by atoms with Crippen LogP contribution in [0.2, 0.25) is 0 Å². The molecule has 3 N–H and O–H groups in total. The van der Waals surface area contributed by atoms with Crippen molar-refractivity contribution in [2.75, 3.05) is 36.7 Å². The van der Waals surface area contributed by atoms with Crippen molar-refractivity contribution in [3.63, 3.8) is 0 Å². The van der Waals surface area contributed by atoms with Gasteiger partial charge < -0.3 is 34.6 Å². The van der Waals surface area contributed by atoms with E-state index in [1.54, 1.807) is 32.4 Å². The van der Waals surface area contributed by atoms with E-state index in [2.05, 4.69) is 30.9 Å². The number of anilines is 3. The predicted molar refractivity (Wildman–Crippen MR) is 165 cm³/mol. The lowest BCUT2D eigenvalue weighted by molar-refractivity contribution is 0.354. The van der Waals surface area contributed by atoms with Crippen LogP contribution in [0.5, 0.6) is 23.3 Å². The minimum Gasteiger partial charge on any atom is -0.493 e. The number of nitrogens with zero attached hydrogens (tertiary/aromatic N) is 3. The van der Waals surface area contributed by atoms with Gasteiger partial charge in [-0.2, -0.15) is 15.0 Å². The van der Waals surface area contributed by atoms with Crippen molar-refractivity contribution in [2.24, 2.45) is 0 Å². The molecule has 5 rings (SSSR count). The number of hydrogen-bond donors (Lipinski definition) is 3. The van der Waals surface area contributed by atoms with Crippen LogP contribution in [0.25, 0.3) is 11.0 Å². The van der Waals surface area contributed by atoms with Crippen LogP contribution in [0.3, 0.4) is 0 Å². The second kappa shape index (κ2) is 13.0. The van der Waals surface area contributed by atoms with E-state index in [0.717, 1.165) is 16.8 Å². The summed E-state index contributed by atoms with van der Waals surface area (Å²) < 4.78 is 22.0. The number of methoxy groups -OCH3 is 2. The Bertz CT molecular complexity index is 1780. The fraction of sp³-hybridized carbons (Fsp3) is 0.167. The summed E-state index contributed by atoms with van der Waals surface area (Å²) in [4.78, 5) is 25.4. The molecule has 214 valence electrons. The highest BCUT2D eigenvalue weighted by molar-refractivity contribution is 7.80. The summed E-state index contributed by atoms with van der Waals surface area (Å²) in [5.41, 5.74) is 2.77. The van der Waals surface area contributed by atoms with Crippen molar-refractivity contribution in [1.29, 1.82) is 0 Å². The first kappa shape index (κ1) is 28.3. The Morgan fingerprint density at radius 1 is 0.857 bits per heavy atom. The Labute approximate surface area is 246 Å². The van der Waals surface area contributed by atoms with Crippen molar-refractivity contribution in [2.45, 2.75) is 13.3 Å². The van der Waals surface area contributed by atoms with Gasteiger partial charge in [-0.1, -0.05) is 35.9 Å². The lowest BCUT2D eigenvalue weighted by Gasteiger charge is -2.13. The fourth-order valence-electron chi connectivity index (χ4n) is 4.06. The molecular formula is C30H28N6O5S. The molecule has 5 aromatic rings. The SMILES string of the molecule is COc1ccc(CCNc2nc(NC(=S)Nc3ccc(C)cc3)nc(Oc3cc(=O)oc4ccccc34)n2)cc1OC. The number of aryl methyl sites for hydroxylation is 1. The molecule has 0 saturated heterocycles. The van der Waals surface area contributed by atoms with Gasteiger partial charge in [0.1, 0.15) is 11.3 Å². The van der Waals surface area contributed by atoms with E-state index in [-0.39, 0.29) is 28.8 Å². The standard InChI is InChI=1S/C30H28N6O5S/c1-18-8-11-20(12-9-18)32-30(42)36-28-33-27(31-15-14-19-10-13-23(38-2)25(16-19)39-3)34-29(35-28)41-24-17-26(37)40-22-7-5-4-6-21(22)24/h4-13,16-17H,14-15H2,1-3H3,(H3,31,32,33,34,35,36,42). The van der Waals surface area contributed by atoms with Crippen molar-refractivity contribution in [1.82, 2.24) is 15.0 Å². The molecule has 0 aliphatic rings. The van der Waals surface area contributed by atoms with Crippen molar-refractivity contribution >= 4 is 45.9 Å². The highest BCUT2D eigenvalue weighted by Crippen LogP contribution is 2.29. The number of fused-ring (bicyclic) bond motifs is 1. The molecule has 0 atom stereocenters. The van der Waals surface area contributed by atoms with Crippen LogP contribution in [0, 0.1) is 6.92 Å². The number of thiocarbonyl (C=S) groups is 1. The average Bonchev–Trinajstić information content (AvgIpc) is 2.98. The van der Waals surface area contributed by atoms with Gasteiger partial charge in [0.15, 0.2) is 16.6 Å². The van der Waals surface area contributed by atoms with Gasteiger partial charge in [-0.05, 0) is 67.5 Å². The summed E-state index contributed by atoms with van der Waals surface area (Å²) in [6.45, 7) is 2.49. The maximum atomic E-state index is 12.2. The molecule has 2 aromatic heterocycles. The fourth-order valence-corrected chi connectivity index (χ4v) is 4.27. The number of benzene rings is 3. The summed E-state index contributed by atoms with van der Waals surface area (Å²) in [5.74, 6) is 1.93. The van der Waals surface area contributed by atoms with E-state index in [4.69, 9.17) is 30.8 Å². The van der Waals surface area contributed by atoms with E-state index in [0.29, 0.717) is 35.4 Å². The maximum absolute atomic E-state index is 12.2. The van der Waals surface area contributed by atoms with Crippen LogP contribution < -0.4 is 35.8 Å². The number of ether oxygens (including phenoxy) is 3. The first-order valence-corrected chi connectivity index (χ1v) is 13.4. The third-order valence-electron chi connectivity index (χ3n) is 6.11. The third kappa shape index (κ3) is 7.09. The van der Waals surface area contributed by atoms with Crippen LogP contribution >= 0.6 is 12.2 Å². The number of aromatic nitrogens is 3. The molecule has 0 aliphatic heterocycles. The Balaban J connectivity index is 1.38. The molecule has 0 saturated carbocycles. The summed E-state index contributed by atoms with van der Waals surface area (Å²) in [6, 6.07) is 21.7. The normalized spacial score (nSPS) is 10.6. The second-order valence-corrected chi connectivity index (χ2v) is 9.51. The molecule has 3 aromatic carbocycles. The number of para-hydroxylation sites is 1. The molecule has 0 aliphatic carbocycles. The van der Waals surface area contributed by atoms with Crippen LogP contribution in [-0.2, 0) is 6.42 Å². The van der Waals surface area contributed by atoms with Crippen LogP contribution in [-0.4, -0.2) is 40.8 Å². The molecule has 0 radical (unpaired) electrons. The molecular weight excluding hydrogens is 556 g/mol. The van der Waals surface area contributed by atoms with E-state index in [9.17, 15) is 4.79 Å². The van der Waals surface area contributed by atoms with Crippen molar-refractivity contribution < 1.29 is 18.6 Å². The lowest BCUT2D eigenvalue weighted by Crippen LogP contribution is -2.21. The van der Waals surface area contributed by atoms with Gasteiger partial charge in [-0.3, -0.25) is 0 Å².